The minimum absolute atomic E-state index is 0.0173. The highest BCUT2D eigenvalue weighted by atomic mass is 16.5. The van der Waals surface area contributed by atoms with Gasteiger partial charge >= 0.3 is 0 Å². The van der Waals surface area contributed by atoms with Crippen LogP contribution < -0.4 is 5.32 Å². The lowest BCUT2D eigenvalue weighted by Gasteiger charge is -2.16. The van der Waals surface area contributed by atoms with Crippen molar-refractivity contribution in [3.05, 3.63) is 36.2 Å². The van der Waals surface area contributed by atoms with E-state index in [1.165, 1.54) is 7.11 Å². The predicted octanol–water partition coefficient (Wildman–Crippen LogP) is 1.28. The highest BCUT2D eigenvalue weighted by Gasteiger charge is 2.28. The molecule has 0 spiro atoms. The molecular formula is C16H20N6O2. The number of ether oxygens (including phenoxy) is 1. The lowest BCUT2D eigenvalue weighted by atomic mass is 10.0. The predicted molar refractivity (Wildman–Crippen MR) is 87.9 cm³/mol. The molecule has 24 heavy (non-hydrogen) atoms. The van der Waals surface area contributed by atoms with Gasteiger partial charge in [-0.05, 0) is 13.3 Å². The van der Waals surface area contributed by atoms with Crippen LogP contribution in [-0.4, -0.2) is 57.5 Å². The van der Waals surface area contributed by atoms with E-state index >= 15 is 0 Å². The van der Waals surface area contributed by atoms with Crippen LogP contribution in [0.2, 0.25) is 0 Å². The summed E-state index contributed by atoms with van der Waals surface area (Å²) in [5.74, 6) is 2.21. The molecule has 0 aromatic carbocycles. The standard InChI is InChI=1S/C16H20N6O2/c1-11-19-13(12-3-6-22(9-12)16(23)10-24-2)7-14(20-11)21-15-8-17-4-5-18-15/h4-5,7-8,12H,3,6,9-10H2,1-2H3,(H,18,19,20,21). The zero-order chi connectivity index (χ0) is 16.9. The van der Waals surface area contributed by atoms with Crippen molar-refractivity contribution in [2.24, 2.45) is 0 Å². The number of nitrogens with zero attached hydrogens (tertiary/aromatic N) is 5. The van der Waals surface area contributed by atoms with Crippen LogP contribution in [-0.2, 0) is 9.53 Å². The summed E-state index contributed by atoms with van der Waals surface area (Å²) in [4.78, 5) is 30.9. The van der Waals surface area contributed by atoms with Crippen LogP contribution in [0, 0.1) is 6.92 Å². The van der Waals surface area contributed by atoms with Crippen molar-refractivity contribution >= 4 is 17.5 Å². The number of aromatic nitrogens is 4. The summed E-state index contributed by atoms with van der Waals surface area (Å²) < 4.78 is 4.92. The normalized spacial score (nSPS) is 17.1. The Kier molecular flexibility index (Phi) is 4.95. The fourth-order valence-electron chi connectivity index (χ4n) is 2.80. The first-order chi connectivity index (χ1) is 11.7. The van der Waals surface area contributed by atoms with Gasteiger partial charge in [-0.2, -0.15) is 0 Å². The van der Waals surface area contributed by atoms with Crippen molar-refractivity contribution in [3.63, 3.8) is 0 Å². The molecule has 8 heteroatoms. The van der Waals surface area contributed by atoms with Crippen molar-refractivity contribution < 1.29 is 9.53 Å². The van der Waals surface area contributed by atoms with Crippen molar-refractivity contribution in [3.8, 4) is 0 Å². The Morgan fingerprint density at radius 2 is 2.25 bits per heavy atom. The average molecular weight is 328 g/mol. The second-order valence-corrected chi connectivity index (χ2v) is 5.70. The van der Waals surface area contributed by atoms with E-state index in [4.69, 9.17) is 4.74 Å². The zero-order valence-electron chi connectivity index (χ0n) is 13.8. The van der Waals surface area contributed by atoms with Crippen molar-refractivity contribution in [2.45, 2.75) is 19.3 Å². The molecule has 126 valence electrons. The molecule has 3 heterocycles. The van der Waals surface area contributed by atoms with E-state index in [0.717, 1.165) is 18.7 Å². The fourth-order valence-corrected chi connectivity index (χ4v) is 2.80. The minimum atomic E-state index is 0.0173. The maximum Gasteiger partial charge on any atom is 0.248 e. The first-order valence-corrected chi connectivity index (χ1v) is 7.81. The first kappa shape index (κ1) is 16.3. The number of aryl methyl sites for hydroxylation is 1. The number of methoxy groups -OCH3 is 1. The van der Waals surface area contributed by atoms with E-state index < -0.39 is 0 Å². The molecule has 1 aliphatic rings. The molecule has 1 atom stereocenters. The van der Waals surface area contributed by atoms with E-state index in [1.54, 1.807) is 18.6 Å². The number of rotatable bonds is 5. The molecule has 8 nitrogen and oxygen atoms in total. The zero-order valence-corrected chi connectivity index (χ0v) is 13.8. The lowest BCUT2D eigenvalue weighted by molar-refractivity contribution is -0.134. The van der Waals surface area contributed by atoms with Gasteiger partial charge in [0.2, 0.25) is 5.91 Å². The molecule has 3 rings (SSSR count). The Balaban J connectivity index is 1.73. The molecular weight excluding hydrogens is 308 g/mol. The Hall–Kier alpha value is -2.61. The van der Waals surface area contributed by atoms with Gasteiger partial charge in [0.1, 0.15) is 24.1 Å². The summed E-state index contributed by atoms with van der Waals surface area (Å²) in [5.41, 5.74) is 0.932. The van der Waals surface area contributed by atoms with Crippen molar-refractivity contribution in [1.29, 1.82) is 0 Å². The molecule has 1 unspecified atom stereocenters. The van der Waals surface area contributed by atoms with E-state index in [9.17, 15) is 4.79 Å². The third kappa shape index (κ3) is 3.83. The fraction of sp³-hybridized carbons (Fsp3) is 0.438. The summed E-state index contributed by atoms with van der Waals surface area (Å²) in [6.45, 7) is 3.36. The smallest absolute Gasteiger partial charge is 0.248 e. The van der Waals surface area contributed by atoms with Gasteiger partial charge < -0.3 is 15.0 Å². The molecule has 0 bridgehead atoms. The van der Waals surface area contributed by atoms with Gasteiger partial charge in [0.05, 0.1) is 11.9 Å². The number of likely N-dealkylation sites (tertiary alicyclic amines) is 1. The van der Waals surface area contributed by atoms with Crippen LogP contribution in [0.5, 0.6) is 0 Å². The lowest BCUT2D eigenvalue weighted by Crippen LogP contribution is -2.31. The Morgan fingerprint density at radius 3 is 3.00 bits per heavy atom. The summed E-state index contributed by atoms with van der Waals surface area (Å²) in [7, 11) is 1.53. The number of nitrogens with one attached hydrogen (secondary N) is 1. The van der Waals surface area contributed by atoms with Gasteiger partial charge in [-0.3, -0.25) is 9.78 Å². The molecule has 0 aliphatic carbocycles. The highest BCUT2D eigenvalue weighted by Crippen LogP contribution is 2.27. The van der Waals surface area contributed by atoms with Crippen molar-refractivity contribution in [1.82, 2.24) is 24.8 Å². The monoisotopic (exact) mass is 328 g/mol. The van der Waals surface area contributed by atoms with Gasteiger partial charge in [-0.1, -0.05) is 0 Å². The largest absolute Gasteiger partial charge is 0.375 e. The van der Waals surface area contributed by atoms with Gasteiger partial charge in [-0.15, -0.1) is 0 Å². The van der Waals surface area contributed by atoms with Crippen LogP contribution >= 0.6 is 0 Å². The molecule has 0 radical (unpaired) electrons. The summed E-state index contributed by atoms with van der Waals surface area (Å²) in [6, 6.07) is 1.91. The molecule has 1 N–H and O–H groups in total. The van der Waals surface area contributed by atoms with Gasteiger partial charge in [0.15, 0.2) is 0 Å². The van der Waals surface area contributed by atoms with E-state index in [-0.39, 0.29) is 18.4 Å². The van der Waals surface area contributed by atoms with Crippen molar-refractivity contribution in [2.75, 3.05) is 32.1 Å². The number of carbonyl (C=O) groups is 1. The van der Waals surface area contributed by atoms with Gasteiger partial charge in [0, 0.05) is 44.6 Å². The van der Waals surface area contributed by atoms with Gasteiger partial charge in [-0.25, -0.2) is 15.0 Å². The summed E-state index contributed by atoms with van der Waals surface area (Å²) in [6.07, 6.45) is 5.76. The maximum absolute atomic E-state index is 11.9. The van der Waals surface area contributed by atoms with Crippen LogP contribution in [0.15, 0.2) is 24.7 Å². The molecule has 2 aromatic heterocycles. The Labute approximate surface area is 140 Å². The minimum Gasteiger partial charge on any atom is -0.375 e. The SMILES string of the molecule is COCC(=O)N1CCC(c2cc(Nc3cnccn3)nc(C)n2)C1. The average Bonchev–Trinajstić information content (AvgIpc) is 3.06. The summed E-state index contributed by atoms with van der Waals surface area (Å²) in [5, 5.41) is 3.14. The molecule has 1 fully saturated rings. The maximum atomic E-state index is 11.9. The molecule has 1 aliphatic heterocycles. The van der Waals surface area contributed by atoms with E-state index in [1.807, 2.05) is 17.9 Å². The van der Waals surface area contributed by atoms with E-state index in [0.29, 0.717) is 24.0 Å². The number of anilines is 2. The number of hydrogen-bond acceptors (Lipinski definition) is 7. The molecule has 1 saturated heterocycles. The molecule has 0 saturated carbocycles. The van der Waals surface area contributed by atoms with Crippen LogP contribution in [0.3, 0.4) is 0 Å². The van der Waals surface area contributed by atoms with Crippen LogP contribution in [0.1, 0.15) is 23.9 Å². The van der Waals surface area contributed by atoms with Crippen LogP contribution in [0.25, 0.3) is 0 Å². The highest BCUT2D eigenvalue weighted by molar-refractivity contribution is 5.77. The Bertz CT molecular complexity index is 709. The molecule has 1 amide bonds. The second-order valence-electron chi connectivity index (χ2n) is 5.70. The second kappa shape index (κ2) is 7.31. The topological polar surface area (TPSA) is 93.1 Å². The first-order valence-electron chi connectivity index (χ1n) is 7.81. The Morgan fingerprint density at radius 1 is 1.38 bits per heavy atom. The molecule has 2 aromatic rings. The van der Waals surface area contributed by atoms with Gasteiger partial charge in [0.25, 0.3) is 0 Å². The summed E-state index contributed by atoms with van der Waals surface area (Å²) >= 11 is 0. The third-order valence-corrected chi connectivity index (χ3v) is 3.90. The van der Waals surface area contributed by atoms with E-state index in [2.05, 4.69) is 25.3 Å². The number of amides is 1. The number of hydrogen-bond donors (Lipinski definition) is 1. The quantitative estimate of drug-likeness (QED) is 0.883. The third-order valence-electron chi connectivity index (χ3n) is 3.90. The van der Waals surface area contributed by atoms with Crippen LogP contribution in [0.4, 0.5) is 11.6 Å². The number of carbonyl (C=O) groups excluding carboxylic acids is 1.